The van der Waals surface area contributed by atoms with E-state index in [2.05, 4.69) is 0 Å². The van der Waals surface area contributed by atoms with E-state index in [4.69, 9.17) is 9.47 Å². The summed E-state index contributed by atoms with van der Waals surface area (Å²) in [5, 5.41) is 0. The Morgan fingerprint density at radius 1 is 1.04 bits per heavy atom. The average Bonchev–Trinajstić information content (AvgIpc) is 2.88. The average molecular weight is 367 g/mol. The number of fused-ring (bicyclic) bond motifs is 1. The Kier molecular flexibility index (Phi) is 4.99. The van der Waals surface area contributed by atoms with Crippen molar-refractivity contribution in [3.05, 3.63) is 58.7 Å². The maximum atomic E-state index is 12.6. The van der Waals surface area contributed by atoms with Gasteiger partial charge in [-0.05, 0) is 44.5 Å². The molecular weight excluding hydrogens is 346 g/mol. The molecule has 1 heterocycles. The van der Waals surface area contributed by atoms with Gasteiger partial charge in [0.1, 0.15) is 18.1 Å². The molecule has 3 rings (SSSR count). The molecule has 0 bridgehead atoms. The van der Waals surface area contributed by atoms with Crippen molar-refractivity contribution >= 4 is 17.8 Å². The van der Waals surface area contributed by atoms with Crippen LogP contribution in [0.25, 0.3) is 0 Å². The van der Waals surface area contributed by atoms with E-state index in [0.717, 1.165) is 5.56 Å². The van der Waals surface area contributed by atoms with E-state index in [9.17, 15) is 14.4 Å². The number of benzene rings is 2. The van der Waals surface area contributed by atoms with E-state index in [1.165, 1.54) is 11.8 Å². The van der Waals surface area contributed by atoms with Gasteiger partial charge in [-0.3, -0.25) is 19.3 Å². The summed E-state index contributed by atoms with van der Waals surface area (Å²) in [7, 11) is 0. The highest BCUT2D eigenvalue weighted by molar-refractivity contribution is 6.21. The Labute approximate surface area is 157 Å². The first kappa shape index (κ1) is 18.6. The molecule has 27 heavy (non-hydrogen) atoms. The summed E-state index contributed by atoms with van der Waals surface area (Å²) in [4.78, 5) is 37.6. The van der Waals surface area contributed by atoms with Crippen LogP contribution in [0.15, 0.2) is 36.4 Å². The first-order valence-corrected chi connectivity index (χ1v) is 8.69. The number of hydrogen-bond donors (Lipinski definition) is 0. The predicted molar refractivity (Wildman–Crippen MR) is 99.1 cm³/mol. The number of ether oxygens (including phenoxy) is 2. The molecule has 6 nitrogen and oxygen atoms in total. The maximum absolute atomic E-state index is 12.6. The summed E-state index contributed by atoms with van der Waals surface area (Å²) < 4.78 is 11.1. The monoisotopic (exact) mass is 367 g/mol. The van der Waals surface area contributed by atoms with E-state index in [1.807, 2.05) is 6.92 Å². The minimum absolute atomic E-state index is 0.136. The molecule has 1 aliphatic heterocycles. The van der Waals surface area contributed by atoms with Gasteiger partial charge in [0.25, 0.3) is 11.8 Å². The second kappa shape index (κ2) is 7.23. The van der Waals surface area contributed by atoms with Gasteiger partial charge in [-0.1, -0.05) is 18.2 Å². The van der Waals surface area contributed by atoms with Crippen molar-refractivity contribution in [2.24, 2.45) is 0 Å². The summed E-state index contributed by atoms with van der Waals surface area (Å²) in [5.41, 5.74) is 2.40. The lowest BCUT2D eigenvalue weighted by atomic mass is 10.1. The molecule has 0 fully saturated rings. The predicted octanol–water partition coefficient (Wildman–Crippen LogP) is 3.29. The molecule has 2 aromatic carbocycles. The van der Waals surface area contributed by atoms with Crippen LogP contribution in [0.3, 0.4) is 0 Å². The zero-order valence-corrected chi connectivity index (χ0v) is 15.7. The van der Waals surface area contributed by atoms with E-state index in [-0.39, 0.29) is 18.4 Å². The van der Waals surface area contributed by atoms with E-state index < -0.39 is 12.0 Å². The first-order valence-electron chi connectivity index (χ1n) is 8.69. The summed E-state index contributed by atoms with van der Waals surface area (Å²) in [6.45, 7) is 6.92. The molecule has 2 amide bonds. The van der Waals surface area contributed by atoms with Gasteiger partial charge in [-0.2, -0.15) is 0 Å². The molecule has 1 atom stereocenters. The summed E-state index contributed by atoms with van der Waals surface area (Å²) in [6, 6.07) is 9.84. The quantitative estimate of drug-likeness (QED) is 0.461. The third-order valence-electron chi connectivity index (χ3n) is 4.54. The standard InChI is InChI=1S/C21H21NO5/c1-12-9-10-18(27-15(4)23)14(3)19(12)26-11-13(2)22-20(24)16-7-5-6-8-17(16)21(22)25/h5-10,13H,11H2,1-4H3/t13-/m0/s1. The van der Waals surface area contributed by atoms with Crippen molar-refractivity contribution in [2.75, 3.05) is 6.61 Å². The highest BCUT2D eigenvalue weighted by Crippen LogP contribution is 2.32. The molecule has 1 aliphatic rings. The highest BCUT2D eigenvalue weighted by atomic mass is 16.5. The van der Waals surface area contributed by atoms with Gasteiger partial charge < -0.3 is 9.47 Å². The smallest absolute Gasteiger partial charge is 0.308 e. The van der Waals surface area contributed by atoms with Crippen LogP contribution in [-0.4, -0.2) is 35.3 Å². The van der Waals surface area contributed by atoms with Gasteiger partial charge in [0.05, 0.1) is 17.2 Å². The number of nitrogens with zero attached hydrogens (tertiary/aromatic N) is 1. The number of imide groups is 1. The third-order valence-corrected chi connectivity index (χ3v) is 4.54. The van der Waals surface area contributed by atoms with Crippen LogP contribution in [-0.2, 0) is 4.79 Å². The number of aryl methyl sites for hydroxylation is 1. The molecular formula is C21H21NO5. The zero-order chi connectivity index (χ0) is 19.7. The van der Waals surface area contributed by atoms with Crippen molar-refractivity contribution < 1.29 is 23.9 Å². The Morgan fingerprint density at radius 2 is 1.63 bits per heavy atom. The van der Waals surface area contributed by atoms with Crippen molar-refractivity contribution in [3.63, 3.8) is 0 Å². The number of amides is 2. The summed E-state index contributed by atoms with van der Waals surface area (Å²) in [6.07, 6.45) is 0. The zero-order valence-electron chi connectivity index (χ0n) is 15.7. The fraction of sp³-hybridized carbons (Fsp3) is 0.286. The number of rotatable bonds is 5. The van der Waals surface area contributed by atoms with Gasteiger partial charge in [-0.15, -0.1) is 0 Å². The molecule has 0 saturated carbocycles. The second-order valence-corrected chi connectivity index (χ2v) is 6.61. The summed E-state index contributed by atoms with van der Waals surface area (Å²) >= 11 is 0. The van der Waals surface area contributed by atoms with Crippen LogP contribution in [0, 0.1) is 13.8 Å². The van der Waals surface area contributed by atoms with Gasteiger partial charge in [0.2, 0.25) is 0 Å². The molecule has 0 aromatic heterocycles. The molecule has 0 saturated heterocycles. The molecule has 0 unspecified atom stereocenters. The molecule has 140 valence electrons. The van der Waals surface area contributed by atoms with Crippen LogP contribution in [0.5, 0.6) is 11.5 Å². The van der Waals surface area contributed by atoms with Gasteiger partial charge >= 0.3 is 5.97 Å². The number of carbonyl (C=O) groups is 3. The van der Waals surface area contributed by atoms with Crippen LogP contribution in [0.4, 0.5) is 0 Å². The normalized spacial score (nSPS) is 14.1. The fourth-order valence-corrected chi connectivity index (χ4v) is 3.18. The minimum atomic E-state index is -0.450. The van der Waals surface area contributed by atoms with Crippen molar-refractivity contribution in [3.8, 4) is 11.5 Å². The number of carbonyl (C=O) groups excluding carboxylic acids is 3. The SMILES string of the molecule is CC(=O)Oc1ccc(C)c(OC[C@H](C)N2C(=O)c3ccccc3C2=O)c1C. The molecule has 0 radical (unpaired) electrons. The van der Waals surface area contributed by atoms with Crippen molar-refractivity contribution in [1.29, 1.82) is 0 Å². The Bertz CT molecular complexity index is 899. The molecule has 0 aliphatic carbocycles. The molecule has 0 spiro atoms. The fourth-order valence-electron chi connectivity index (χ4n) is 3.18. The van der Waals surface area contributed by atoms with E-state index in [1.54, 1.807) is 50.2 Å². The molecule has 2 aromatic rings. The Hall–Kier alpha value is -3.15. The highest BCUT2D eigenvalue weighted by Gasteiger charge is 2.38. The molecule has 0 N–H and O–H groups in total. The van der Waals surface area contributed by atoms with Crippen LogP contribution < -0.4 is 9.47 Å². The topological polar surface area (TPSA) is 72.9 Å². The lowest BCUT2D eigenvalue weighted by Gasteiger charge is -2.24. The summed E-state index contributed by atoms with van der Waals surface area (Å²) in [5.74, 6) is -0.0244. The number of hydrogen-bond acceptors (Lipinski definition) is 5. The lowest BCUT2D eigenvalue weighted by molar-refractivity contribution is -0.131. The van der Waals surface area contributed by atoms with Crippen molar-refractivity contribution in [2.45, 2.75) is 33.7 Å². The van der Waals surface area contributed by atoms with Gasteiger partial charge in [0, 0.05) is 12.5 Å². The van der Waals surface area contributed by atoms with Gasteiger partial charge in [0.15, 0.2) is 0 Å². The minimum Gasteiger partial charge on any atom is -0.491 e. The first-order chi connectivity index (χ1) is 12.8. The Balaban J connectivity index is 1.77. The van der Waals surface area contributed by atoms with Crippen LogP contribution in [0.1, 0.15) is 45.7 Å². The van der Waals surface area contributed by atoms with Crippen LogP contribution in [0.2, 0.25) is 0 Å². The van der Waals surface area contributed by atoms with E-state index in [0.29, 0.717) is 28.2 Å². The third kappa shape index (κ3) is 3.43. The largest absolute Gasteiger partial charge is 0.491 e. The maximum Gasteiger partial charge on any atom is 0.308 e. The van der Waals surface area contributed by atoms with Crippen molar-refractivity contribution in [1.82, 2.24) is 4.90 Å². The Morgan fingerprint density at radius 3 is 2.19 bits per heavy atom. The van der Waals surface area contributed by atoms with Crippen LogP contribution >= 0.6 is 0 Å². The van der Waals surface area contributed by atoms with Gasteiger partial charge in [-0.25, -0.2) is 0 Å². The second-order valence-electron chi connectivity index (χ2n) is 6.61. The molecule has 6 heteroatoms. The lowest BCUT2D eigenvalue weighted by Crippen LogP contribution is -2.41. The van der Waals surface area contributed by atoms with E-state index >= 15 is 0 Å². The number of esters is 1.